The molecule has 0 spiro atoms. The molecule has 0 amide bonds. The molecule has 0 aliphatic rings. The molecule has 1 aromatic heterocycles. The number of carboxylic acids is 1. The van der Waals surface area contributed by atoms with E-state index in [4.69, 9.17) is 14.2 Å². The molecule has 0 aliphatic heterocycles. The highest BCUT2D eigenvalue weighted by atomic mass is 32.2. The minimum absolute atomic E-state index is 0.236. The van der Waals surface area contributed by atoms with Gasteiger partial charge in [-0.1, -0.05) is 11.8 Å². The molecule has 0 saturated carbocycles. The molecule has 0 saturated heterocycles. The quantitative estimate of drug-likeness (QED) is 0.528. The van der Waals surface area contributed by atoms with E-state index in [-0.39, 0.29) is 5.75 Å². The van der Waals surface area contributed by atoms with Crippen LogP contribution in [-0.2, 0) is 4.79 Å². The van der Waals surface area contributed by atoms with Crippen LogP contribution in [0.5, 0.6) is 17.2 Å². The van der Waals surface area contributed by atoms with Gasteiger partial charge >= 0.3 is 0 Å². The van der Waals surface area contributed by atoms with E-state index in [0.717, 1.165) is 23.0 Å². The third-order valence-electron chi connectivity index (χ3n) is 3.92. The maximum Gasteiger partial charge on any atom is 0.196 e. The normalized spacial score (nSPS) is 10.5. The molecular formula is C19H18N3O5S-. The van der Waals surface area contributed by atoms with Crippen molar-refractivity contribution in [2.75, 3.05) is 27.1 Å². The predicted molar refractivity (Wildman–Crippen MR) is 102 cm³/mol. The van der Waals surface area contributed by atoms with Crippen LogP contribution in [0.25, 0.3) is 17.1 Å². The van der Waals surface area contributed by atoms with Gasteiger partial charge in [0, 0.05) is 17.0 Å². The molecule has 0 unspecified atom stereocenters. The Bertz CT molecular complexity index is 972. The first-order chi connectivity index (χ1) is 13.6. The van der Waals surface area contributed by atoms with Crippen molar-refractivity contribution in [3.05, 3.63) is 42.5 Å². The Morgan fingerprint density at radius 1 is 1.00 bits per heavy atom. The third-order valence-corrected chi connectivity index (χ3v) is 4.83. The summed E-state index contributed by atoms with van der Waals surface area (Å²) in [7, 11) is 4.70. The van der Waals surface area contributed by atoms with E-state index < -0.39 is 5.97 Å². The number of thioether (sulfide) groups is 1. The molecule has 3 rings (SSSR count). The molecule has 0 N–H and O–H groups in total. The van der Waals surface area contributed by atoms with Crippen LogP contribution in [0.1, 0.15) is 0 Å². The molecule has 9 heteroatoms. The Morgan fingerprint density at radius 3 is 2.32 bits per heavy atom. The molecule has 0 aliphatic carbocycles. The summed E-state index contributed by atoms with van der Waals surface area (Å²) in [6.07, 6.45) is 0. The van der Waals surface area contributed by atoms with Crippen LogP contribution in [-0.4, -0.2) is 47.8 Å². The highest BCUT2D eigenvalue weighted by molar-refractivity contribution is 7.99. The number of ether oxygens (including phenoxy) is 3. The fourth-order valence-corrected chi connectivity index (χ4v) is 3.28. The SMILES string of the molecule is COc1ccc(-n2c(SCC(=O)[O-])nnc2-c2ccc(OC)c(OC)c2)cc1. The Hall–Kier alpha value is -3.20. The number of rotatable bonds is 8. The summed E-state index contributed by atoms with van der Waals surface area (Å²) >= 11 is 1.03. The monoisotopic (exact) mass is 400 g/mol. The molecule has 146 valence electrons. The van der Waals surface area contributed by atoms with Gasteiger partial charge in [-0.25, -0.2) is 0 Å². The number of carbonyl (C=O) groups is 1. The van der Waals surface area contributed by atoms with Crippen molar-refractivity contribution in [2.24, 2.45) is 0 Å². The van der Waals surface area contributed by atoms with Crippen LogP contribution in [0.15, 0.2) is 47.6 Å². The molecule has 1 heterocycles. The first kappa shape index (κ1) is 19.6. The summed E-state index contributed by atoms with van der Waals surface area (Å²) in [4.78, 5) is 10.9. The minimum atomic E-state index is -1.18. The second-order valence-corrected chi connectivity index (χ2v) is 6.51. The van der Waals surface area contributed by atoms with Crippen molar-refractivity contribution in [3.8, 4) is 34.3 Å². The summed E-state index contributed by atoms with van der Waals surface area (Å²) < 4.78 is 17.6. The van der Waals surface area contributed by atoms with Gasteiger partial charge in [0.25, 0.3) is 0 Å². The van der Waals surface area contributed by atoms with Crippen LogP contribution >= 0.6 is 11.8 Å². The number of aromatic nitrogens is 3. The average Bonchev–Trinajstić information content (AvgIpc) is 3.15. The number of carboxylic acid groups (broad SMARTS) is 1. The molecular weight excluding hydrogens is 382 g/mol. The number of methoxy groups -OCH3 is 3. The molecule has 2 aromatic carbocycles. The van der Waals surface area contributed by atoms with Crippen LogP contribution in [0, 0.1) is 0 Å². The average molecular weight is 400 g/mol. The Kier molecular flexibility index (Phi) is 6.05. The predicted octanol–water partition coefficient (Wildman–Crippen LogP) is 1.80. The third kappa shape index (κ3) is 4.04. The zero-order valence-electron chi connectivity index (χ0n) is 15.5. The summed E-state index contributed by atoms with van der Waals surface area (Å²) in [5.41, 5.74) is 1.50. The van der Waals surface area contributed by atoms with Crippen molar-refractivity contribution < 1.29 is 24.1 Å². The molecule has 3 aromatic rings. The minimum Gasteiger partial charge on any atom is -0.549 e. The largest absolute Gasteiger partial charge is 0.549 e. The second-order valence-electron chi connectivity index (χ2n) is 5.57. The second kappa shape index (κ2) is 8.66. The van der Waals surface area contributed by atoms with E-state index >= 15 is 0 Å². The van der Waals surface area contributed by atoms with E-state index in [1.807, 2.05) is 18.2 Å². The summed E-state index contributed by atoms with van der Waals surface area (Å²) in [6.45, 7) is 0. The molecule has 8 nitrogen and oxygen atoms in total. The summed E-state index contributed by atoms with van der Waals surface area (Å²) in [5, 5.41) is 19.8. The fourth-order valence-electron chi connectivity index (χ4n) is 2.61. The fraction of sp³-hybridized carbons (Fsp3) is 0.211. The van der Waals surface area contributed by atoms with E-state index in [9.17, 15) is 9.90 Å². The van der Waals surface area contributed by atoms with E-state index in [1.54, 1.807) is 50.2 Å². The number of hydrogen-bond donors (Lipinski definition) is 0. The zero-order chi connectivity index (χ0) is 20.1. The van der Waals surface area contributed by atoms with E-state index in [2.05, 4.69) is 10.2 Å². The number of nitrogens with zero attached hydrogens (tertiary/aromatic N) is 3. The highest BCUT2D eigenvalue weighted by Gasteiger charge is 2.18. The maximum atomic E-state index is 10.9. The van der Waals surface area contributed by atoms with Crippen molar-refractivity contribution in [3.63, 3.8) is 0 Å². The van der Waals surface area contributed by atoms with Crippen LogP contribution in [0.3, 0.4) is 0 Å². The highest BCUT2D eigenvalue weighted by Crippen LogP contribution is 2.34. The Balaban J connectivity index is 2.11. The first-order valence-electron chi connectivity index (χ1n) is 8.22. The summed E-state index contributed by atoms with van der Waals surface area (Å²) in [6, 6.07) is 12.7. The molecule has 0 radical (unpaired) electrons. The van der Waals surface area contributed by atoms with Crippen molar-refractivity contribution in [2.45, 2.75) is 5.16 Å². The van der Waals surface area contributed by atoms with E-state index in [1.165, 1.54) is 0 Å². The van der Waals surface area contributed by atoms with Gasteiger partial charge in [-0.05, 0) is 42.5 Å². The van der Waals surface area contributed by atoms with Gasteiger partial charge in [-0.3, -0.25) is 4.57 Å². The van der Waals surface area contributed by atoms with Gasteiger partial charge < -0.3 is 24.1 Å². The van der Waals surface area contributed by atoms with Crippen LogP contribution in [0.2, 0.25) is 0 Å². The number of benzene rings is 2. The van der Waals surface area contributed by atoms with E-state index in [0.29, 0.717) is 28.2 Å². The lowest BCUT2D eigenvalue weighted by atomic mass is 10.2. The van der Waals surface area contributed by atoms with Crippen LogP contribution < -0.4 is 19.3 Å². The van der Waals surface area contributed by atoms with Gasteiger partial charge in [-0.2, -0.15) is 0 Å². The van der Waals surface area contributed by atoms with Gasteiger partial charge in [0.05, 0.1) is 27.3 Å². The number of carbonyl (C=O) groups excluding carboxylic acids is 1. The van der Waals surface area contributed by atoms with Crippen LogP contribution in [0.4, 0.5) is 0 Å². The Labute approximate surface area is 166 Å². The Morgan fingerprint density at radius 2 is 1.71 bits per heavy atom. The smallest absolute Gasteiger partial charge is 0.196 e. The summed E-state index contributed by atoms with van der Waals surface area (Å²) in [5.74, 6) is 0.962. The lowest BCUT2D eigenvalue weighted by molar-refractivity contribution is -0.301. The van der Waals surface area contributed by atoms with Gasteiger partial charge in [0.2, 0.25) is 0 Å². The first-order valence-corrected chi connectivity index (χ1v) is 9.20. The lowest BCUT2D eigenvalue weighted by Crippen LogP contribution is -2.24. The van der Waals surface area contributed by atoms with Crippen molar-refractivity contribution >= 4 is 17.7 Å². The number of hydrogen-bond acceptors (Lipinski definition) is 8. The van der Waals surface area contributed by atoms with Gasteiger partial charge in [0.15, 0.2) is 22.5 Å². The van der Waals surface area contributed by atoms with Crippen molar-refractivity contribution in [1.29, 1.82) is 0 Å². The van der Waals surface area contributed by atoms with Gasteiger partial charge in [-0.15, -0.1) is 10.2 Å². The molecule has 0 fully saturated rings. The standard InChI is InChI=1S/C19H19N3O5S/c1-25-14-7-5-13(6-8-14)22-18(20-21-19(22)28-11-17(23)24)12-4-9-15(26-2)16(10-12)27-3/h4-10H,11H2,1-3H3,(H,23,24)/p-1. The molecule has 0 bridgehead atoms. The van der Waals surface area contributed by atoms with Crippen molar-refractivity contribution in [1.82, 2.24) is 14.8 Å². The number of aliphatic carboxylic acids is 1. The molecule has 28 heavy (non-hydrogen) atoms. The van der Waals surface area contributed by atoms with Gasteiger partial charge in [0.1, 0.15) is 5.75 Å². The molecule has 0 atom stereocenters. The maximum absolute atomic E-state index is 10.9. The zero-order valence-corrected chi connectivity index (χ0v) is 16.4. The lowest BCUT2D eigenvalue weighted by Gasteiger charge is -2.13. The topological polar surface area (TPSA) is 98.5 Å².